The average molecular weight is 298 g/mol. The summed E-state index contributed by atoms with van der Waals surface area (Å²) in [6.07, 6.45) is 2.18. The molecular weight excluding hydrogens is 280 g/mol. The Morgan fingerprint density at radius 2 is 2.18 bits per heavy atom. The molecule has 1 amide bonds. The molecule has 1 atom stereocenters. The van der Waals surface area contributed by atoms with Gasteiger partial charge in [0.25, 0.3) is 0 Å². The molecule has 0 spiro atoms. The first-order valence-corrected chi connectivity index (χ1v) is 7.27. The predicted molar refractivity (Wildman–Crippen MR) is 83.5 cm³/mol. The molecule has 1 aliphatic heterocycles. The number of benzene rings is 1. The van der Waals surface area contributed by atoms with E-state index in [1.807, 2.05) is 37.3 Å². The maximum atomic E-state index is 12.0. The molecule has 0 aliphatic carbocycles. The van der Waals surface area contributed by atoms with Gasteiger partial charge in [-0.1, -0.05) is 12.1 Å². The Labute approximate surface area is 129 Å². The SMILES string of the molecule is CCOc1ccc2c(c1)NC(=O)C[C@H]2c1ccc(OC)nc1. The number of pyridine rings is 1. The number of carbonyl (C=O) groups excluding carboxylic acids is 1. The van der Waals surface area contributed by atoms with E-state index in [2.05, 4.69) is 10.3 Å². The summed E-state index contributed by atoms with van der Waals surface area (Å²) in [5.41, 5.74) is 2.89. The Hall–Kier alpha value is -2.56. The van der Waals surface area contributed by atoms with Crippen LogP contribution < -0.4 is 14.8 Å². The number of fused-ring (bicyclic) bond motifs is 1. The molecular formula is C17H18N2O3. The minimum absolute atomic E-state index is 0.00182. The van der Waals surface area contributed by atoms with Crippen LogP contribution in [0.15, 0.2) is 36.5 Å². The zero-order valence-corrected chi connectivity index (χ0v) is 12.6. The molecule has 3 rings (SSSR count). The molecule has 1 aromatic heterocycles. The fourth-order valence-electron chi connectivity index (χ4n) is 2.72. The van der Waals surface area contributed by atoms with Crippen LogP contribution in [0.25, 0.3) is 0 Å². The smallest absolute Gasteiger partial charge is 0.225 e. The summed E-state index contributed by atoms with van der Waals surface area (Å²) in [5, 5.41) is 2.92. The lowest BCUT2D eigenvalue weighted by Crippen LogP contribution is -2.23. The van der Waals surface area contributed by atoms with Crippen LogP contribution in [0.5, 0.6) is 11.6 Å². The van der Waals surface area contributed by atoms with Gasteiger partial charge in [0.05, 0.1) is 13.7 Å². The Balaban J connectivity index is 1.97. The lowest BCUT2D eigenvalue weighted by Gasteiger charge is -2.26. The summed E-state index contributed by atoms with van der Waals surface area (Å²) in [6, 6.07) is 9.59. The number of amides is 1. The number of hydrogen-bond donors (Lipinski definition) is 1. The highest BCUT2D eigenvalue weighted by atomic mass is 16.5. The summed E-state index contributed by atoms with van der Waals surface area (Å²) in [4.78, 5) is 16.2. The number of nitrogens with one attached hydrogen (secondary N) is 1. The minimum atomic E-state index is -0.00201. The summed E-state index contributed by atoms with van der Waals surface area (Å²) >= 11 is 0. The third kappa shape index (κ3) is 2.74. The van der Waals surface area contributed by atoms with E-state index >= 15 is 0 Å². The normalized spacial score (nSPS) is 16.6. The number of ether oxygens (including phenoxy) is 2. The zero-order valence-electron chi connectivity index (χ0n) is 12.6. The lowest BCUT2D eigenvalue weighted by molar-refractivity contribution is -0.116. The van der Waals surface area contributed by atoms with E-state index in [0.29, 0.717) is 18.9 Å². The molecule has 22 heavy (non-hydrogen) atoms. The molecule has 0 unspecified atom stereocenters. The zero-order chi connectivity index (χ0) is 15.5. The highest BCUT2D eigenvalue weighted by Gasteiger charge is 2.27. The fourth-order valence-corrected chi connectivity index (χ4v) is 2.72. The molecule has 5 heteroatoms. The van der Waals surface area contributed by atoms with Gasteiger partial charge in [0.15, 0.2) is 0 Å². The molecule has 1 aliphatic rings. The summed E-state index contributed by atoms with van der Waals surface area (Å²) in [5.74, 6) is 1.32. The van der Waals surface area contributed by atoms with Crippen molar-refractivity contribution >= 4 is 11.6 Å². The van der Waals surface area contributed by atoms with Gasteiger partial charge < -0.3 is 14.8 Å². The van der Waals surface area contributed by atoms with E-state index in [1.165, 1.54) is 0 Å². The van der Waals surface area contributed by atoms with Gasteiger partial charge in [0.2, 0.25) is 11.8 Å². The molecule has 1 aromatic carbocycles. The van der Waals surface area contributed by atoms with Crippen molar-refractivity contribution in [3.63, 3.8) is 0 Å². The van der Waals surface area contributed by atoms with E-state index in [0.717, 1.165) is 22.6 Å². The Kier molecular flexibility index (Phi) is 3.96. The van der Waals surface area contributed by atoms with Crippen molar-refractivity contribution in [1.82, 2.24) is 4.98 Å². The number of anilines is 1. The second-order valence-corrected chi connectivity index (χ2v) is 5.12. The van der Waals surface area contributed by atoms with Crippen LogP contribution in [-0.2, 0) is 4.79 Å². The highest BCUT2D eigenvalue weighted by Crippen LogP contribution is 2.38. The standard InChI is InChI=1S/C17H18N2O3/c1-3-22-12-5-6-13-14(9-16(20)19-15(13)8-12)11-4-7-17(21-2)18-10-11/h4-8,10,14H,3,9H2,1-2H3,(H,19,20)/t14-/m0/s1. The first-order valence-electron chi connectivity index (χ1n) is 7.27. The topological polar surface area (TPSA) is 60.5 Å². The van der Waals surface area contributed by atoms with Gasteiger partial charge in [-0.15, -0.1) is 0 Å². The van der Waals surface area contributed by atoms with Crippen molar-refractivity contribution in [3.8, 4) is 11.6 Å². The molecule has 1 N–H and O–H groups in total. The van der Waals surface area contributed by atoms with Crippen molar-refractivity contribution in [1.29, 1.82) is 0 Å². The largest absolute Gasteiger partial charge is 0.494 e. The number of aromatic nitrogens is 1. The van der Waals surface area contributed by atoms with Crippen molar-refractivity contribution in [2.75, 3.05) is 19.0 Å². The van der Waals surface area contributed by atoms with Crippen LogP contribution in [0.4, 0.5) is 5.69 Å². The van der Waals surface area contributed by atoms with Crippen LogP contribution in [-0.4, -0.2) is 24.6 Å². The summed E-state index contributed by atoms with van der Waals surface area (Å²) in [6.45, 7) is 2.53. The van der Waals surface area contributed by atoms with Gasteiger partial charge in [0.1, 0.15) is 5.75 Å². The third-order valence-electron chi connectivity index (χ3n) is 3.75. The van der Waals surface area contributed by atoms with Gasteiger partial charge in [-0.3, -0.25) is 4.79 Å². The van der Waals surface area contributed by atoms with Gasteiger partial charge in [0, 0.05) is 36.4 Å². The van der Waals surface area contributed by atoms with Crippen LogP contribution >= 0.6 is 0 Å². The fraction of sp³-hybridized carbons (Fsp3) is 0.294. The molecule has 0 fully saturated rings. The molecule has 0 bridgehead atoms. The monoisotopic (exact) mass is 298 g/mol. The van der Waals surface area contributed by atoms with Crippen molar-refractivity contribution < 1.29 is 14.3 Å². The van der Waals surface area contributed by atoms with Gasteiger partial charge >= 0.3 is 0 Å². The van der Waals surface area contributed by atoms with Gasteiger partial charge in [-0.2, -0.15) is 0 Å². The Morgan fingerprint density at radius 3 is 2.86 bits per heavy atom. The number of rotatable bonds is 4. The number of carbonyl (C=O) groups is 1. The van der Waals surface area contributed by atoms with Crippen LogP contribution in [0.3, 0.4) is 0 Å². The Bertz CT molecular complexity index is 683. The van der Waals surface area contributed by atoms with Crippen molar-refractivity contribution in [2.24, 2.45) is 0 Å². The minimum Gasteiger partial charge on any atom is -0.494 e. The second-order valence-electron chi connectivity index (χ2n) is 5.12. The molecule has 0 saturated heterocycles. The van der Waals surface area contributed by atoms with E-state index in [4.69, 9.17) is 9.47 Å². The number of methoxy groups -OCH3 is 1. The maximum absolute atomic E-state index is 12.0. The van der Waals surface area contributed by atoms with Crippen molar-refractivity contribution in [3.05, 3.63) is 47.7 Å². The van der Waals surface area contributed by atoms with E-state index in [9.17, 15) is 4.79 Å². The average Bonchev–Trinajstić information content (AvgIpc) is 2.54. The third-order valence-corrected chi connectivity index (χ3v) is 3.75. The van der Waals surface area contributed by atoms with E-state index < -0.39 is 0 Å². The quantitative estimate of drug-likeness (QED) is 0.942. The van der Waals surface area contributed by atoms with Crippen LogP contribution in [0, 0.1) is 0 Å². The molecule has 0 saturated carbocycles. The first kappa shape index (κ1) is 14.4. The summed E-state index contributed by atoms with van der Waals surface area (Å²) in [7, 11) is 1.58. The maximum Gasteiger partial charge on any atom is 0.225 e. The molecule has 0 radical (unpaired) electrons. The van der Waals surface area contributed by atoms with Gasteiger partial charge in [-0.05, 0) is 24.1 Å². The predicted octanol–water partition coefficient (Wildman–Crippen LogP) is 2.96. The van der Waals surface area contributed by atoms with Crippen LogP contribution in [0.1, 0.15) is 30.4 Å². The van der Waals surface area contributed by atoms with Crippen LogP contribution in [0.2, 0.25) is 0 Å². The van der Waals surface area contributed by atoms with E-state index in [-0.39, 0.29) is 11.8 Å². The molecule has 2 aromatic rings. The Morgan fingerprint density at radius 1 is 1.32 bits per heavy atom. The lowest BCUT2D eigenvalue weighted by atomic mass is 9.85. The summed E-state index contributed by atoms with van der Waals surface area (Å²) < 4.78 is 10.6. The second kappa shape index (κ2) is 6.05. The number of hydrogen-bond acceptors (Lipinski definition) is 4. The van der Waals surface area contributed by atoms with Gasteiger partial charge in [-0.25, -0.2) is 4.98 Å². The molecule has 114 valence electrons. The highest BCUT2D eigenvalue weighted by molar-refractivity contribution is 5.95. The molecule has 2 heterocycles. The number of nitrogens with zero attached hydrogens (tertiary/aromatic N) is 1. The first-order chi connectivity index (χ1) is 10.7. The van der Waals surface area contributed by atoms with E-state index in [1.54, 1.807) is 13.3 Å². The van der Waals surface area contributed by atoms with Crippen molar-refractivity contribution in [2.45, 2.75) is 19.3 Å². The molecule has 5 nitrogen and oxygen atoms in total.